The highest BCUT2D eigenvalue weighted by Crippen LogP contribution is 2.60. The number of thiol groups is 2. The van der Waals surface area contributed by atoms with Crippen molar-refractivity contribution in [2.75, 3.05) is 24.7 Å². The maximum absolute atomic E-state index is 16.0. The predicted octanol–water partition coefficient (Wildman–Crippen LogP) is 0.511. The molecule has 4 aromatic rings. The average molecular weight is 709 g/mol. The van der Waals surface area contributed by atoms with Crippen LogP contribution in [-0.4, -0.2) is 94.0 Å². The molecule has 0 saturated carbocycles. The molecule has 3 aliphatic rings. The van der Waals surface area contributed by atoms with Crippen LogP contribution in [0.2, 0.25) is 0 Å². The molecule has 242 valence electrons. The summed E-state index contributed by atoms with van der Waals surface area (Å²) >= 11 is 8.03. The van der Waals surface area contributed by atoms with Gasteiger partial charge in [-0.1, -0.05) is 24.5 Å². The number of aliphatic hydroxyl groups excluding tert-OH is 1. The zero-order chi connectivity index (χ0) is 31.8. The number of imidazole rings is 2. The predicted molar refractivity (Wildman–Crippen MR) is 156 cm³/mol. The SMILES string of the molecule is Nc1nc2c(ncn2C2OC3CO[P@@](=O)(S)OC4C(CO[P@@](=O)(S)OC2C3O)OC(n2cnc3c(N)ncnc32)C4F)c(=O)[nH]1. The van der Waals surface area contributed by atoms with Crippen molar-refractivity contribution in [3.05, 3.63) is 29.3 Å². The Bertz CT molecular complexity index is 1950. The third-order valence-corrected chi connectivity index (χ3v) is 10.5. The Labute approximate surface area is 260 Å². The minimum absolute atomic E-state index is 0.0443. The Morgan fingerprint density at radius 3 is 2.27 bits per heavy atom. The molecule has 0 spiro atoms. The number of H-pyrrole nitrogens is 1. The maximum Gasteiger partial charge on any atom is 0.386 e. The summed E-state index contributed by atoms with van der Waals surface area (Å²) in [5.41, 5.74) is 11.0. The summed E-state index contributed by atoms with van der Waals surface area (Å²) in [6, 6.07) is 0. The fourth-order valence-corrected chi connectivity index (χ4v) is 8.20. The quantitative estimate of drug-likeness (QED) is 0.122. The highest BCUT2D eigenvalue weighted by Gasteiger charge is 2.54. The van der Waals surface area contributed by atoms with Gasteiger partial charge in [0.05, 0.1) is 25.9 Å². The summed E-state index contributed by atoms with van der Waals surface area (Å²) in [5.74, 6) is -0.193. The van der Waals surface area contributed by atoms with Gasteiger partial charge in [0.15, 0.2) is 41.3 Å². The van der Waals surface area contributed by atoms with Gasteiger partial charge in [-0.25, -0.2) is 33.5 Å². The van der Waals surface area contributed by atoms with E-state index in [1.807, 2.05) is 0 Å². The molecule has 0 radical (unpaired) electrons. The monoisotopic (exact) mass is 708 g/mol. The van der Waals surface area contributed by atoms with Gasteiger partial charge in [0.25, 0.3) is 5.56 Å². The van der Waals surface area contributed by atoms with Gasteiger partial charge in [0.1, 0.15) is 42.4 Å². The first kappa shape index (κ1) is 30.9. The first-order valence-electron chi connectivity index (χ1n) is 12.9. The van der Waals surface area contributed by atoms with Gasteiger partial charge in [-0.05, 0) is 0 Å². The molecule has 0 aromatic carbocycles. The van der Waals surface area contributed by atoms with Crippen LogP contribution in [0.15, 0.2) is 23.8 Å². The zero-order valence-corrected chi connectivity index (χ0v) is 25.9. The van der Waals surface area contributed by atoms with Gasteiger partial charge >= 0.3 is 13.6 Å². The van der Waals surface area contributed by atoms with Gasteiger partial charge in [0, 0.05) is 0 Å². The minimum atomic E-state index is -4.42. The highest BCUT2D eigenvalue weighted by molar-refractivity contribution is 8.44. The second kappa shape index (κ2) is 11.2. The number of fused-ring (bicyclic) bond motifs is 5. The first-order valence-corrected chi connectivity index (χ1v) is 18.3. The standard InChI is InChI=1S/C20H23FN10O10P2S2/c21-8-12-7(39-18(8)30-4-26-9-14(22)24-3-25-15(9)30)2-37-43(35,45)41-13-11(32)6(1-36-42(34,44)40-12)38-19(13)31-5-27-10-16(31)28-20(23)29-17(10)33/h3-8,11-13,18-19,32H,1-2H2,(H,34,44)(H,35,45)(H2,22,24,25)(H3,23,28,29,33)/t6?,7?,8?,11?,12?,13?,18?,19?,42-,43-/m1/s1. The van der Waals surface area contributed by atoms with E-state index in [2.05, 4.69) is 54.4 Å². The molecule has 4 aromatic heterocycles. The first-order chi connectivity index (χ1) is 21.3. The van der Waals surface area contributed by atoms with Crippen molar-refractivity contribution in [3.8, 4) is 0 Å². The van der Waals surface area contributed by atoms with E-state index in [0.717, 1.165) is 6.33 Å². The van der Waals surface area contributed by atoms with Gasteiger partial charge in [-0.2, -0.15) is 4.98 Å². The number of halogens is 1. The van der Waals surface area contributed by atoms with E-state index in [4.69, 9.17) is 39.0 Å². The van der Waals surface area contributed by atoms with Crippen molar-refractivity contribution in [1.29, 1.82) is 0 Å². The van der Waals surface area contributed by atoms with Crippen LogP contribution in [-0.2, 0) is 36.7 Å². The molecule has 45 heavy (non-hydrogen) atoms. The van der Waals surface area contributed by atoms with Crippen LogP contribution in [0, 0.1) is 0 Å². The number of aliphatic hydroxyl groups is 1. The largest absolute Gasteiger partial charge is 0.387 e. The Kier molecular flexibility index (Phi) is 7.72. The van der Waals surface area contributed by atoms with Crippen LogP contribution < -0.4 is 17.0 Å². The Morgan fingerprint density at radius 1 is 0.911 bits per heavy atom. The van der Waals surface area contributed by atoms with Crippen LogP contribution in [0.3, 0.4) is 0 Å². The molecular formula is C20H23FN10O10P2S2. The van der Waals surface area contributed by atoms with E-state index < -0.39 is 81.5 Å². The molecule has 3 fully saturated rings. The van der Waals surface area contributed by atoms with Gasteiger partial charge < -0.3 is 26.0 Å². The Hall–Kier alpha value is -2.69. The zero-order valence-electron chi connectivity index (χ0n) is 22.3. The molecule has 20 nitrogen and oxygen atoms in total. The van der Waals surface area contributed by atoms with Gasteiger partial charge in [0.2, 0.25) is 5.95 Å². The Balaban J connectivity index is 1.21. The van der Waals surface area contributed by atoms with E-state index in [0.29, 0.717) is 0 Å². The van der Waals surface area contributed by atoms with Crippen LogP contribution in [0.4, 0.5) is 16.2 Å². The molecule has 7 heterocycles. The number of hydrogen-bond donors (Lipinski definition) is 6. The topological polar surface area (TPSA) is 269 Å². The summed E-state index contributed by atoms with van der Waals surface area (Å²) in [6.45, 7) is -10.1. The number of ether oxygens (including phenoxy) is 2. The molecule has 2 bridgehead atoms. The van der Waals surface area contributed by atoms with Crippen molar-refractivity contribution in [3.63, 3.8) is 0 Å². The number of aromatic nitrogens is 8. The molecule has 8 unspecified atom stereocenters. The van der Waals surface area contributed by atoms with Gasteiger partial charge in [-0.3, -0.25) is 37.0 Å². The molecule has 3 saturated heterocycles. The lowest BCUT2D eigenvalue weighted by Gasteiger charge is -2.26. The second-order valence-corrected chi connectivity index (χ2v) is 15.8. The van der Waals surface area contributed by atoms with E-state index >= 15 is 4.39 Å². The molecule has 0 aliphatic carbocycles. The number of nitrogens with zero attached hydrogens (tertiary/aromatic N) is 7. The van der Waals surface area contributed by atoms with E-state index in [-0.39, 0.29) is 34.1 Å². The van der Waals surface area contributed by atoms with Crippen molar-refractivity contribution < 1.29 is 46.2 Å². The summed E-state index contributed by atoms with van der Waals surface area (Å²) in [6.07, 6.45) is -8.75. The second-order valence-electron chi connectivity index (χ2n) is 10.1. The van der Waals surface area contributed by atoms with Crippen molar-refractivity contribution in [2.24, 2.45) is 0 Å². The smallest absolute Gasteiger partial charge is 0.386 e. The maximum atomic E-state index is 16.0. The Morgan fingerprint density at radius 2 is 1.53 bits per heavy atom. The molecule has 3 aliphatic heterocycles. The number of rotatable bonds is 2. The van der Waals surface area contributed by atoms with E-state index in [1.54, 1.807) is 0 Å². The van der Waals surface area contributed by atoms with Crippen molar-refractivity contribution >= 4 is 72.2 Å². The number of nitrogens with one attached hydrogen (secondary N) is 1. The number of hydrogen-bond acceptors (Lipinski definition) is 17. The normalized spacial score (nSPS) is 37.7. The van der Waals surface area contributed by atoms with Gasteiger partial charge in [-0.15, -0.1) is 0 Å². The molecule has 10 atom stereocenters. The molecule has 25 heteroatoms. The van der Waals surface area contributed by atoms with Crippen LogP contribution in [0.1, 0.15) is 12.5 Å². The molecular weight excluding hydrogens is 685 g/mol. The fraction of sp³-hybridized carbons (Fsp3) is 0.500. The summed E-state index contributed by atoms with van der Waals surface area (Å²) < 4.78 is 79.0. The third-order valence-electron chi connectivity index (χ3n) is 7.28. The molecule has 0 amide bonds. The average Bonchev–Trinajstić information content (AvgIpc) is 3.72. The van der Waals surface area contributed by atoms with Crippen LogP contribution >= 0.6 is 38.1 Å². The minimum Gasteiger partial charge on any atom is -0.387 e. The highest BCUT2D eigenvalue weighted by atomic mass is 32.7. The lowest BCUT2D eigenvalue weighted by molar-refractivity contribution is -0.0568. The lowest BCUT2D eigenvalue weighted by Crippen LogP contribution is -2.35. The fourth-order valence-electron chi connectivity index (χ4n) is 5.26. The number of alkyl halides is 1. The number of aromatic amines is 1. The third kappa shape index (κ3) is 5.54. The number of anilines is 2. The van der Waals surface area contributed by atoms with E-state index in [1.165, 1.54) is 21.8 Å². The van der Waals surface area contributed by atoms with E-state index in [9.17, 15) is 19.0 Å². The van der Waals surface area contributed by atoms with Crippen molar-refractivity contribution in [2.45, 2.75) is 49.1 Å². The van der Waals surface area contributed by atoms with Crippen LogP contribution in [0.5, 0.6) is 0 Å². The molecule has 6 N–H and O–H groups in total. The summed E-state index contributed by atoms with van der Waals surface area (Å²) in [5, 5.41) is 11.1. The summed E-state index contributed by atoms with van der Waals surface area (Å²) in [4.78, 5) is 34.7. The lowest BCUT2D eigenvalue weighted by atomic mass is 10.1. The van der Waals surface area contributed by atoms with Crippen molar-refractivity contribution in [1.82, 2.24) is 39.0 Å². The number of nitrogens with two attached hydrogens (primary N) is 2. The van der Waals surface area contributed by atoms with Crippen LogP contribution in [0.25, 0.3) is 22.3 Å². The number of nitrogen functional groups attached to an aromatic ring is 2. The molecule has 7 rings (SSSR count). The summed E-state index contributed by atoms with van der Waals surface area (Å²) in [7, 11) is 0.